The van der Waals surface area contributed by atoms with Crippen molar-refractivity contribution in [2.45, 2.75) is 32.2 Å². The molecule has 2 aliphatic rings. The van der Waals surface area contributed by atoms with Crippen LogP contribution in [0.2, 0.25) is 5.02 Å². The minimum atomic E-state index is 0.312. The first-order valence-corrected chi connectivity index (χ1v) is 10.7. The number of pyridine rings is 2. The number of nitrogens with one attached hydrogen (secondary N) is 1. The summed E-state index contributed by atoms with van der Waals surface area (Å²) in [7, 11) is 0. The van der Waals surface area contributed by atoms with E-state index in [9.17, 15) is 0 Å². The van der Waals surface area contributed by atoms with Crippen LogP contribution in [0, 0.1) is 13.8 Å². The smallest absolute Gasteiger partial charge is 0.161 e. The first-order valence-electron chi connectivity index (χ1n) is 10.3. The third kappa shape index (κ3) is 2.92. The van der Waals surface area contributed by atoms with E-state index in [1.807, 2.05) is 38.4 Å². The van der Waals surface area contributed by atoms with Crippen LogP contribution in [0.25, 0.3) is 28.1 Å². The summed E-state index contributed by atoms with van der Waals surface area (Å²) in [5.74, 6) is 0. The number of aromatic nitrogens is 5. The van der Waals surface area contributed by atoms with Crippen molar-refractivity contribution in [1.29, 1.82) is 0 Å². The highest BCUT2D eigenvalue weighted by Gasteiger charge is 2.45. The van der Waals surface area contributed by atoms with Gasteiger partial charge in [0, 0.05) is 30.6 Å². The van der Waals surface area contributed by atoms with Gasteiger partial charge in [0.05, 0.1) is 34.5 Å². The zero-order chi connectivity index (χ0) is 20.5. The Morgan fingerprint density at radius 3 is 2.80 bits per heavy atom. The van der Waals surface area contributed by atoms with E-state index in [4.69, 9.17) is 16.6 Å². The van der Waals surface area contributed by atoms with Gasteiger partial charge >= 0.3 is 0 Å². The maximum atomic E-state index is 6.70. The summed E-state index contributed by atoms with van der Waals surface area (Å²) >= 11 is 6.70. The Bertz CT molecular complexity index is 1310. The van der Waals surface area contributed by atoms with Crippen molar-refractivity contribution in [3.05, 3.63) is 46.9 Å². The molecular formula is C22H22ClN7. The molecule has 152 valence electrons. The summed E-state index contributed by atoms with van der Waals surface area (Å²) in [5, 5.41) is 9.84. The maximum Gasteiger partial charge on any atom is 0.161 e. The van der Waals surface area contributed by atoms with Crippen molar-refractivity contribution in [3.8, 4) is 11.4 Å². The van der Waals surface area contributed by atoms with Crippen LogP contribution in [0.4, 0.5) is 5.69 Å². The summed E-state index contributed by atoms with van der Waals surface area (Å²) in [6.07, 6.45) is 6.34. The van der Waals surface area contributed by atoms with Gasteiger partial charge in [-0.25, -0.2) is 19.5 Å². The van der Waals surface area contributed by atoms with Gasteiger partial charge in [0.1, 0.15) is 5.69 Å². The number of halogens is 1. The van der Waals surface area contributed by atoms with Gasteiger partial charge in [0.2, 0.25) is 0 Å². The van der Waals surface area contributed by atoms with E-state index in [-0.39, 0.29) is 0 Å². The molecule has 1 N–H and O–H groups in total. The van der Waals surface area contributed by atoms with E-state index < -0.39 is 0 Å². The third-order valence-electron chi connectivity index (χ3n) is 6.19. The van der Waals surface area contributed by atoms with E-state index in [1.54, 1.807) is 4.52 Å². The van der Waals surface area contributed by atoms with Crippen molar-refractivity contribution in [2.24, 2.45) is 0 Å². The molecule has 0 bridgehead atoms. The molecule has 7 nitrogen and oxygen atoms in total. The third-order valence-corrected chi connectivity index (χ3v) is 6.50. The van der Waals surface area contributed by atoms with Gasteiger partial charge in [-0.3, -0.25) is 0 Å². The fourth-order valence-corrected chi connectivity index (χ4v) is 4.63. The zero-order valence-corrected chi connectivity index (χ0v) is 17.7. The molecule has 4 aromatic heterocycles. The fourth-order valence-electron chi connectivity index (χ4n) is 4.39. The summed E-state index contributed by atoms with van der Waals surface area (Å²) in [6.45, 7) is 7.00. The molecule has 0 unspecified atom stereocenters. The van der Waals surface area contributed by atoms with E-state index in [0.29, 0.717) is 21.9 Å². The van der Waals surface area contributed by atoms with Gasteiger partial charge in [0.25, 0.3) is 0 Å². The second kappa shape index (κ2) is 6.36. The van der Waals surface area contributed by atoms with Crippen molar-refractivity contribution in [3.63, 3.8) is 0 Å². The number of fused-ring (bicyclic) bond motifs is 2. The van der Waals surface area contributed by atoms with Crippen LogP contribution in [0.15, 0.2) is 30.6 Å². The Morgan fingerprint density at radius 1 is 1.10 bits per heavy atom. The van der Waals surface area contributed by atoms with Gasteiger partial charge in [-0.2, -0.15) is 5.10 Å². The molecule has 30 heavy (non-hydrogen) atoms. The minimum Gasteiger partial charge on any atom is -0.367 e. The Kier molecular flexibility index (Phi) is 3.82. The zero-order valence-electron chi connectivity index (χ0n) is 17.0. The van der Waals surface area contributed by atoms with E-state index in [0.717, 1.165) is 53.3 Å². The Morgan fingerprint density at radius 2 is 1.97 bits per heavy atom. The highest BCUT2D eigenvalue weighted by molar-refractivity contribution is 6.35. The van der Waals surface area contributed by atoms with Crippen LogP contribution in [-0.2, 0) is 0 Å². The number of anilines is 1. The molecule has 2 fully saturated rings. The molecule has 0 atom stereocenters. The van der Waals surface area contributed by atoms with Crippen LogP contribution >= 0.6 is 11.6 Å². The molecule has 5 heterocycles. The normalized spacial score (nSPS) is 17.9. The molecule has 0 amide bonds. The number of hydrogen-bond donors (Lipinski definition) is 1. The second-order valence-electron chi connectivity index (χ2n) is 8.55. The minimum absolute atomic E-state index is 0.312. The second-order valence-corrected chi connectivity index (χ2v) is 8.95. The van der Waals surface area contributed by atoms with E-state index in [1.165, 1.54) is 12.8 Å². The lowest BCUT2D eigenvalue weighted by Crippen LogP contribution is -2.52. The largest absolute Gasteiger partial charge is 0.367 e. The van der Waals surface area contributed by atoms with Crippen molar-refractivity contribution >= 4 is 34.0 Å². The molecule has 6 rings (SSSR count). The molecule has 0 radical (unpaired) electrons. The predicted octanol–water partition coefficient (Wildman–Crippen LogP) is 3.55. The lowest BCUT2D eigenvalue weighted by Gasteiger charge is -2.35. The number of rotatable bonds is 2. The number of hydrogen-bond acceptors (Lipinski definition) is 6. The van der Waals surface area contributed by atoms with Crippen LogP contribution in [-0.4, -0.2) is 49.7 Å². The average molecular weight is 420 g/mol. The van der Waals surface area contributed by atoms with Gasteiger partial charge < -0.3 is 10.2 Å². The molecule has 8 heteroatoms. The molecule has 4 aromatic rings. The molecule has 1 aliphatic carbocycles. The van der Waals surface area contributed by atoms with Crippen LogP contribution in [0.1, 0.15) is 24.1 Å². The van der Waals surface area contributed by atoms with Crippen LogP contribution in [0.5, 0.6) is 0 Å². The molecular weight excluding hydrogens is 398 g/mol. The lowest BCUT2D eigenvalue weighted by atomic mass is 10.1. The number of aryl methyl sites for hydroxylation is 2. The topological polar surface area (TPSA) is 71.2 Å². The van der Waals surface area contributed by atoms with Crippen molar-refractivity contribution < 1.29 is 0 Å². The lowest BCUT2D eigenvalue weighted by molar-refractivity contribution is 0.442. The fraction of sp³-hybridized carbons (Fsp3) is 0.364. The van der Waals surface area contributed by atoms with E-state index >= 15 is 0 Å². The molecule has 1 saturated heterocycles. The van der Waals surface area contributed by atoms with Crippen molar-refractivity contribution in [2.75, 3.05) is 24.5 Å². The molecule has 1 saturated carbocycles. The first-order chi connectivity index (χ1) is 14.5. The monoisotopic (exact) mass is 419 g/mol. The van der Waals surface area contributed by atoms with Crippen molar-refractivity contribution in [1.82, 2.24) is 29.9 Å². The summed E-state index contributed by atoms with van der Waals surface area (Å²) in [6, 6.07) is 5.99. The first kappa shape index (κ1) is 18.0. The summed E-state index contributed by atoms with van der Waals surface area (Å²) in [5.41, 5.74) is 6.36. The molecule has 0 aromatic carbocycles. The Hall–Kier alpha value is -2.77. The highest BCUT2D eigenvalue weighted by atomic mass is 35.5. The molecule has 1 spiro atoms. The standard InChI is InChI=1S/C22H22ClN7/c1-13-7-19(28-30-11-14(2)26-21(13)30)18-9-17(23)16-8-15(10-24-20(16)27-18)29-6-5-25-22(12-29)3-4-22/h7-11,25H,3-6,12H2,1-2H3. The van der Waals surface area contributed by atoms with Gasteiger partial charge in [-0.05, 0) is 50.5 Å². The predicted molar refractivity (Wildman–Crippen MR) is 118 cm³/mol. The van der Waals surface area contributed by atoms with Crippen LogP contribution in [0.3, 0.4) is 0 Å². The van der Waals surface area contributed by atoms with Crippen LogP contribution < -0.4 is 10.2 Å². The van der Waals surface area contributed by atoms with Gasteiger partial charge in [-0.1, -0.05) is 11.6 Å². The maximum absolute atomic E-state index is 6.70. The van der Waals surface area contributed by atoms with Gasteiger partial charge in [-0.15, -0.1) is 0 Å². The quantitative estimate of drug-likeness (QED) is 0.535. The Balaban J connectivity index is 1.40. The summed E-state index contributed by atoms with van der Waals surface area (Å²) < 4.78 is 1.80. The summed E-state index contributed by atoms with van der Waals surface area (Å²) in [4.78, 5) is 16.3. The number of nitrogens with zero attached hydrogens (tertiary/aromatic N) is 6. The average Bonchev–Trinajstić information content (AvgIpc) is 3.35. The number of imidazole rings is 1. The number of piperazine rings is 1. The highest BCUT2D eigenvalue weighted by Crippen LogP contribution is 2.39. The molecule has 1 aliphatic heterocycles. The van der Waals surface area contributed by atoms with Gasteiger partial charge in [0.15, 0.2) is 11.3 Å². The SMILES string of the molecule is Cc1cn2nc(-c3cc(Cl)c4cc(N5CCNC6(CC6)C5)cnc4n3)cc(C)c2n1. The Labute approximate surface area is 179 Å². The van der Waals surface area contributed by atoms with E-state index in [2.05, 4.69) is 31.3 Å².